The molecule has 4 aromatic carbocycles. The average Bonchev–Trinajstić information content (AvgIpc) is 3.05. The molecule has 254 valence electrons. The lowest BCUT2D eigenvalue weighted by molar-refractivity contribution is -0.140. The van der Waals surface area contributed by atoms with Gasteiger partial charge in [-0.1, -0.05) is 60.1 Å². The number of rotatable bonds is 14. The van der Waals surface area contributed by atoms with Gasteiger partial charge < -0.3 is 19.7 Å². The summed E-state index contributed by atoms with van der Waals surface area (Å²) >= 11 is 6.16. The lowest BCUT2D eigenvalue weighted by Gasteiger charge is -2.34. The molecule has 1 N–H and O–H groups in total. The van der Waals surface area contributed by atoms with Crippen molar-refractivity contribution < 1.29 is 27.5 Å². The number of anilines is 1. The minimum absolute atomic E-state index is 0.0378. The van der Waals surface area contributed by atoms with Gasteiger partial charge >= 0.3 is 0 Å². The molecule has 0 aliphatic heterocycles. The third kappa shape index (κ3) is 9.08. The second-order valence-electron chi connectivity index (χ2n) is 11.9. The second kappa shape index (κ2) is 16.0. The Balaban J connectivity index is 1.85. The van der Waals surface area contributed by atoms with Crippen molar-refractivity contribution in [2.24, 2.45) is 0 Å². The maximum atomic E-state index is 14.7. The standard InChI is InChI=1S/C37H42ClN3O6S/c1-25(2)39-37(43)33(21-28-10-8-7-9-11-28)40(23-29-12-14-30(38)15-13-29)36(42)24-41(31-19-26(3)18-27(4)20-31)48(44,45)32-16-17-34(46-5)35(22-32)47-6/h7-20,22,25,33H,21,23-24H2,1-6H3,(H,39,43)/t33-/m0/s1. The van der Waals surface area contributed by atoms with Crippen molar-refractivity contribution in [1.82, 2.24) is 10.2 Å². The molecule has 0 aromatic heterocycles. The van der Waals surface area contributed by atoms with Gasteiger partial charge in [-0.15, -0.1) is 0 Å². The number of sulfonamides is 1. The number of benzene rings is 4. The van der Waals surface area contributed by atoms with E-state index >= 15 is 0 Å². The van der Waals surface area contributed by atoms with Crippen LogP contribution in [0.3, 0.4) is 0 Å². The van der Waals surface area contributed by atoms with Crippen LogP contribution < -0.4 is 19.1 Å². The van der Waals surface area contributed by atoms with E-state index in [2.05, 4.69) is 5.32 Å². The van der Waals surface area contributed by atoms with Gasteiger partial charge in [-0.05, 0) is 86.3 Å². The number of nitrogens with zero attached hydrogens (tertiary/aromatic N) is 2. The topological polar surface area (TPSA) is 105 Å². The predicted molar refractivity (Wildman–Crippen MR) is 189 cm³/mol. The molecule has 0 saturated carbocycles. The fourth-order valence-electron chi connectivity index (χ4n) is 5.45. The molecule has 48 heavy (non-hydrogen) atoms. The molecule has 4 rings (SSSR count). The van der Waals surface area contributed by atoms with Crippen LogP contribution in [0.4, 0.5) is 5.69 Å². The van der Waals surface area contributed by atoms with Crippen molar-refractivity contribution >= 4 is 39.1 Å². The Morgan fingerprint density at radius 3 is 2.02 bits per heavy atom. The number of halogens is 1. The van der Waals surface area contributed by atoms with Gasteiger partial charge in [-0.2, -0.15) is 0 Å². The first-order valence-electron chi connectivity index (χ1n) is 15.5. The predicted octanol–water partition coefficient (Wildman–Crippen LogP) is 6.33. The van der Waals surface area contributed by atoms with Crippen molar-refractivity contribution in [2.45, 2.75) is 57.6 Å². The number of nitrogens with one attached hydrogen (secondary N) is 1. The molecule has 4 aromatic rings. The summed E-state index contributed by atoms with van der Waals surface area (Å²) in [6.45, 7) is 6.88. The fraction of sp³-hybridized carbons (Fsp3) is 0.297. The zero-order chi connectivity index (χ0) is 35.0. The minimum Gasteiger partial charge on any atom is -0.493 e. The second-order valence-corrected chi connectivity index (χ2v) is 14.2. The van der Waals surface area contributed by atoms with Crippen molar-refractivity contribution in [3.63, 3.8) is 0 Å². The summed E-state index contributed by atoms with van der Waals surface area (Å²) < 4.78 is 40.8. The lowest BCUT2D eigenvalue weighted by Crippen LogP contribution is -2.54. The van der Waals surface area contributed by atoms with E-state index in [-0.39, 0.29) is 35.6 Å². The van der Waals surface area contributed by atoms with E-state index in [0.717, 1.165) is 26.6 Å². The Morgan fingerprint density at radius 2 is 1.44 bits per heavy atom. The molecule has 1 atom stereocenters. The van der Waals surface area contributed by atoms with Gasteiger partial charge in [-0.3, -0.25) is 13.9 Å². The van der Waals surface area contributed by atoms with Crippen molar-refractivity contribution in [1.29, 1.82) is 0 Å². The summed E-state index contributed by atoms with van der Waals surface area (Å²) in [6, 6.07) is 24.9. The average molecular weight is 692 g/mol. The van der Waals surface area contributed by atoms with Crippen LogP contribution in [0.2, 0.25) is 5.02 Å². The normalized spacial score (nSPS) is 11.9. The first-order valence-corrected chi connectivity index (χ1v) is 17.4. The summed E-state index contributed by atoms with van der Waals surface area (Å²) in [4.78, 5) is 29.9. The Bertz CT molecular complexity index is 1810. The third-order valence-electron chi connectivity index (χ3n) is 7.68. The zero-order valence-electron chi connectivity index (χ0n) is 28.1. The van der Waals surface area contributed by atoms with Crippen LogP contribution in [0, 0.1) is 13.8 Å². The summed E-state index contributed by atoms with van der Waals surface area (Å²) in [5, 5.41) is 3.49. The van der Waals surface area contributed by atoms with Crippen LogP contribution in [0.15, 0.2) is 95.9 Å². The largest absolute Gasteiger partial charge is 0.493 e. The smallest absolute Gasteiger partial charge is 0.264 e. The third-order valence-corrected chi connectivity index (χ3v) is 9.71. The van der Waals surface area contributed by atoms with Gasteiger partial charge in [0.1, 0.15) is 12.6 Å². The van der Waals surface area contributed by atoms with Crippen molar-refractivity contribution in [3.05, 3.63) is 118 Å². The number of aryl methyl sites for hydroxylation is 2. The SMILES string of the molecule is COc1ccc(S(=O)(=O)N(CC(=O)N(Cc2ccc(Cl)cc2)[C@@H](Cc2ccccc2)C(=O)NC(C)C)c2cc(C)cc(C)c2)cc1OC. The van der Waals surface area contributed by atoms with E-state index in [1.54, 1.807) is 36.4 Å². The number of carbonyl (C=O) groups excluding carboxylic acids is 2. The Labute approximate surface area is 288 Å². The summed E-state index contributed by atoms with van der Waals surface area (Å²) in [6.07, 6.45) is 0.213. The van der Waals surface area contributed by atoms with Crippen LogP contribution in [0.1, 0.15) is 36.1 Å². The highest BCUT2D eigenvalue weighted by Gasteiger charge is 2.35. The molecule has 0 spiro atoms. The van der Waals surface area contributed by atoms with E-state index in [9.17, 15) is 18.0 Å². The van der Waals surface area contributed by atoms with Gasteiger partial charge in [0, 0.05) is 30.1 Å². The summed E-state index contributed by atoms with van der Waals surface area (Å²) in [5.41, 5.74) is 3.53. The molecule has 0 radical (unpaired) electrons. The van der Waals surface area contributed by atoms with Crippen LogP contribution in [-0.2, 0) is 32.6 Å². The molecule has 0 fully saturated rings. The molecule has 0 heterocycles. The fourth-order valence-corrected chi connectivity index (χ4v) is 6.99. The molecule has 11 heteroatoms. The number of carbonyl (C=O) groups is 2. The lowest BCUT2D eigenvalue weighted by atomic mass is 10.0. The van der Waals surface area contributed by atoms with E-state index in [4.69, 9.17) is 21.1 Å². The molecule has 0 unspecified atom stereocenters. The maximum Gasteiger partial charge on any atom is 0.264 e. The number of methoxy groups -OCH3 is 2. The van der Waals surface area contributed by atoms with Gasteiger partial charge in [0.05, 0.1) is 24.8 Å². The van der Waals surface area contributed by atoms with Crippen molar-refractivity contribution in [2.75, 3.05) is 25.1 Å². The molecule has 0 aliphatic carbocycles. The molecule has 2 amide bonds. The molecular weight excluding hydrogens is 650 g/mol. The van der Waals surface area contributed by atoms with Crippen LogP contribution in [-0.4, -0.2) is 58.0 Å². The van der Waals surface area contributed by atoms with E-state index in [1.807, 2.05) is 64.1 Å². The monoisotopic (exact) mass is 691 g/mol. The Hall–Kier alpha value is -4.54. The highest BCUT2D eigenvalue weighted by atomic mass is 35.5. The number of hydrogen-bond acceptors (Lipinski definition) is 6. The highest BCUT2D eigenvalue weighted by Crippen LogP contribution is 2.33. The molecule has 0 saturated heterocycles. The van der Waals surface area contributed by atoms with E-state index < -0.39 is 28.5 Å². The molecular formula is C37H42ClN3O6S. The Kier molecular flexibility index (Phi) is 12.1. The summed E-state index contributed by atoms with van der Waals surface area (Å²) in [7, 11) is -1.46. The minimum atomic E-state index is -4.34. The van der Waals surface area contributed by atoms with Gasteiger partial charge in [0.15, 0.2) is 11.5 Å². The van der Waals surface area contributed by atoms with Gasteiger partial charge in [0.25, 0.3) is 10.0 Å². The van der Waals surface area contributed by atoms with Gasteiger partial charge in [0.2, 0.25) is 11.8 Å². The number of ether oxygens (including phenoxy) is 2. The first-order chi connectivity index (χ1) is 22.8. The Morgan fingerprint density at radius 1 is 0.812 bits per heavy atom. The molecule has 0 bridgehead atoms. The van der Waals surface area contributed by atoms with E-state index in [0.29, 0.717) is 16.5 Å². The quantitative estimate of drug-likeness (QED) is 0.166. The van der Waals surface area contributed by atoms with Crippen molar-refractivity contribution in [3.8, 4) is 11.5 Å². The number of hydrogen-bond donors (Lipinski definition) is 1. The van der Waals surface area contributed by atoms with Crippen LogP contribution in [0.25, 0.3) is 0 Å². The maximum absolute atomic E-state index is 14.7. The summed E-state index contributed by atoms with van der Waals surface area (Å²) in [5.74, 6) is -0.327. The molecule has 9 nitrogen and oxygen atoms in total. The van der Waals surface area contributed by atoms with E-state index in [1.165, 1.54) is 37.3 Å². The van der Waals surface area contributed by atoms with Gasteiger partial charge in [-0.25, -0.2) is 8.42 Å². The molecule has 0 aliphatic rings. The number of amides is 2. The zero-order valence-corrected chi connectivity index (χ0v) is 29.6. The first kappa shape index (κ1) is 36.3. The highest BCUT2D eigenvalue weighted by molar-refractivity contribution is 7.92. The van der Waals surface area contributed by atoms with Crippen LogP contribution in [0.5, 0.6) is 11.5 Å². The van der Waals surface area contributed by atoms with Crippen LogP contribution >= 0.6 is 11.6 Å².